The summed E-state index contributed by atoms with van der Waals surface area (Å²) < 4.78 is 1.79. The number of nitrogens with one attached hydrogen (secondary N) is 2. The van der Waals surface area contributed by atoms with E-state index >= 15 is 0 Å². The van der Waals surface area contributed by atoms with Crippen LogP contribution in [0.1, 0.15) is 34.7 Å². The van der Waals surface area contributed by atoms with Crippen molar-refractivity contribution in [2.75, 3.05) is 5.32 Å². The molecule has 2 amide bonds. The van der Waals surface area contributed by atoms with Crippen LogP contribution in [0.25, 0.3) is 22.0 Å². The molecule has 2 aromatic heterocycles. The first kappa shape index (κ1) is 29.0. The molecule has 45 heavy (non-hydrogen) atoms. The van der Waals surface area contributed by atoms with Crippen LogP contribution in [0, 0.1) is 0 Å². The maximum atomic E-state index is 13.1. The molecule has 4 aromatic carbocycles. The number of amides is 2. The minimum Gasteiger partial charge on any atom is -0.374 e. The van der Waals surface area contributed by atoms with Crippen LogP contribution in [0.4, 0.5) is 10.6 Å². The molecular formula is C36H29Cl2N5O2. The Hall–Kier alpha value is -4.69. The Bertz CT molecular complexity index is 2030. The maximum Gasteiger partial charge on any atom is 0.320 e. The van der Waals surface area contributed by atoms with Gasteiger partial charge >= 0.3 is 6.03 Å². The number of imidazole rings is 1. The van der Waals surface area contributed by atoms with Crippen LogP contribution in [-0.4, -0.2) is 31.7 Å². The lowest BCUT2D eigenvalue weighted by molar-refractivity contribution is 0.117. The van der Waals surface area contributed by atoms with Gasteiger partial charge in [0.15, 0.2) is 5.60 Å². The molecule has 224 valence electrons. The van der Waals surface area contributed by atoms with Crippen molar-refractivity contribution in [3.63, 3.8) is 0 Å². The lowest BCUT2D eigenvalue weighted by Gasteiger charge is -2.30. The third kappa shape index (κ3) is 5.66. The summed E-state index contributed by atoms with van der Waals surface area (Å²) in [6.45, 7) is 0. The van der Waals surface area contributed by atoms with Crippen LogP contribution in [0.2, 0.25) is 10.0 Å². The average Bonchev–Trinajstić information content (AvgIpc) is 3.67. The molecule has 0 radical (unpaired) electrons. The normalized spacial score (nSPS) is 17.1. The molecule has 3 unspecified atom stereocenters. The first-order valence-corrected chi connectivity index (χ1v) is 15.3. The lowest BCUT2D eigenvalue weighted by atomic mass is 9.82. The zero-order valence-corrected chi connectivity index (χ0v) is 25.8. The Morgan fingerprint density at radius 3 is 2.42 bits per heavy atom. The molecule has 6 aromatic rings. The number of halogens is 2. The zero-order valence-electron chi connectivity index (χ0n) is 24.3. The molecule has 2 heterocycles. The first-order valence-electron chi connectivity index (χ1n) is 14.6. The van der Waals surface area contributed by atoms with Gasteiger partial charge in [-0.15, -0.1) is 0 Å². The van der Waals surface area contributed by atoms with Crippen LogP contribution >= 0.6 is 23.2 Å². The second kappa shape index (κ2) is 11.7. The third-order valence-electron chi connectivity index (χ3n) is 8.39. The second-order valence-electron chi connectivity index (χ2n) is 11.4. The zero-order chi connectivity index (χ0) is 31.1. The van der Waals surface area contributed by atoms with Crippen molar-refractivity contribution in [2.24, 2.45) is 7.05 Å². The highest BCUT2D eigenvalue weighted by molar-refractivity contribution is 6.31. The van der Waals surface area contributed by atoms with Crippen LogP contribution in [0.5, 0.6) is 0 Å². The van der Waals surface area contributed by atoms with E-state index in [1.54, 1.807) is 29.2 Å². The van der Waals surface area contributed by atoms with Crippen molar-refractivity contribution < 1.29 is 9.90 Å². The summed E-state index contributed by atoms with van der Waals surface area (Å²) in [5, 5.41) is 20.5. The average molecular weight is 635 g/mol. The predicted octanol–water partition coefficient (Wildman–Crippen LogP) is 7.90. The number of anilines is 1. The van der Waals surface area contributed by atoms with Gasteiger partial charge < -0.3 is 15.0 Å². The molecule has 1 aliphatic rings. The van der Waals surface area contributed by atoms with E-state index in [4.69, 9.17) is 28.2 Å². The molecule has 7 rings (SSSR count). The molecule has 3 atom stereocenters. The van der Waals surface area contributed by atoms with Crippen LogP contribution in [0.15, 0.2) is 116 Å². The van der Waals surface area contributed by atoms with E-state index in [0.29, 0.717) is 44.1 Å². The number of nitrogens with zero attached hydrogens (tertiary/aromatic N) is 3. The highest BCUT2D eigenvalue weighted by atomic mass is 35.5. The van der Waals surface area contributed by atoms with Crippen molar-refractivity contribution in [2.45, 2.75) is 24.0 Å². The molecule has 3 N–H and O–H groups in total. The highest BCUT2D eigenvalue weighted by Crippen LogP contribution is 2.42. The van der Waals surface area contributed by atoms with E-state index in [1.807, 2.05) is 85.9 Å². The number of urea groups is 1. The van der Waals surface area contributed by atoms with E-state index in [0.717, 1.165) is 22.9 Å². The third-order valence-corrected chi connectivity index (χ3v) is 8.87. The number of pyridine rings is 1. The quantitative estimate of drug-likeness (QED) is 0.167. The van der Waals surface area contributed by atoms with E-state index in [9.17, 15) is 9.90 Å². The van der Waals surface area contributed by atoms with Gasteiger partial charge in [-0.3, -0.25) is 5.32 Å². The molecule has 0 aliphatic heterocycles. The van der Waals surface area contributed by atoms with Gasteiger partial charge in [0.25, 0.3) is 0 Å². The molecule has 7 nitrogen and oxygen atoms in total. The number of hydrogen-bond donors (Lipinski definition) is 3. The molecule has 1 saturated carbocycles. The molecule has 0 saturated heterocycles. The number of aromatic nitrogens is 3. The minimum atomic E-state index is -1.55. The second-order valence-corrected chi connectivity index (χ2v) is 12.2. The van der Waals surface area contributed by atoms with Crippen LogP contribution < -0.4 is 10.6 Å². The van der Waals surface area contributed by atoms with Crippen molar-refractivity contribution in [1.29, 1.82) is 0 Å². The minimum absolute atomic E-state index is 0.0698. The number of carbonyl (C=O) groups excluding carboxylic acids is 1. The molecule has 0 spiro atoms. The van der Waals surface area contributed by atoms with Gasteiger partial charge in [0.05, 0.1) is 23.7 Å². The Balaban J connectivity index is 1.29. The Morgan fingerprint density at radius 1 is 0.911 bits per heavy atom. The Labute approximate surface area is 270 Å². The number of rotatable bonds is 7. The fraction of sp³-hybridized carbons (Fsp3) is 0.139. The topological polar surface area (TPSA) is 92.1 Å². The van der Waals surface area contributed by atoms with Gasteiger partial charge in [0.1, 0.15) is 5.82 Å². The molecule has 1 aliphatic carbocycles. The summed E-state index contributed by atoms with van der Waals surface area (Å²) in [5.41, 5.74) is 3.80. The SMILES string of the molecule is Cn1cncc1C(O)(c1ccc(Cl)cc1)c1ccc2nc(NC(=O)NC3CC3c3ccccc3)cc(-c3cccc(Cl)c3)c2c1. The summed E-state index contributed by atoms with van der Waals surface area (Å²) in [6, 6.07) is 32.1. The Kier molecular flexibility index (Phi) is 7.53. The van der Waals surface area contributed by atoms with Crippen molar-refractivity contribution in [3.05, 3.63) is 148 Å². The summed E-state index contributed by atoms with van der Waals surface area (Å²) in [4.78, 5) is 22.2. The van der Waals surface area contributed by atoms with Gasteiger partial charge in [-0.1, -0.05) is 83.9 Å². The number of fused-ring (bicyclic) bond motifs is 1. The van der Waals surface area contributed by atoms with E-state index in [2.05, 4.69) is 27.8 Å². The molecular weight excluding hydrogens is 605 g/mol. The lowest BCUT2D eigenvalue weighted by Crippen LogP contribution is -2.31. The maximum absolute atomic E-state index is 13.1. The molecule has 1 fully saturated rings. The smallest absolute Gasteiger partial charge is 0.320 e. The van der Waals surface area contributed by atoms with Gasteiger partial charge in [0.2, 0.25) is 0 Å². The molecule has 9 heteroatoms. The summed E-state index contributed by atoms with van der Waals surface area (Å²) >= 11 is 12.6. The van der Waals surface area contributed by atoms with E-state index < -0.39 is 5.60 Å². The van der Waals surface area contributed by atoms with Gasteiger partial charge in [0, 0.05) is 34.4 Å². The van der Waals surface area contributed by atoms with Gasteiger partial charge in [-0.25, -0.2) is 14.8 Å². The number of aryl methyl sites for hydroxylation is 1. The largest absolute Gasteiger partial charge is 0.374 e. The van der Waals surface area contributed by atoms with Crippen LogP contribution in [0.3, 0.4) is 0 Å². The highest BCUT2D eigenvalue weighted by Gasteiger charge is 2.39. The summed E-state index contributed by atoms with van der Waals surface area (Å²) in [7, 11) is 1.84. The number of carbonyl (C=O) groups is 1. The van der Waals surface area contributed by atoms with Crippen molar-refractivity contribution in [3.8, 4) is 11.1 Å². The molecule has 0 bridgehead atoms. The fourth-order valence-electron chi connectivity index (χ4n) is 6.01. The number of aliphatic hydroxyl groups is 1. The first-order chi connectivity index (χ1) is 21.8. The summed E-state index contributed by atoms with van der Waals surface area (Å²) in [5.74, 6) is 0.708. The fourth-order valence-corrected chi connectivity index (χ4v) is 6.33. The number of benzene rings is 4. The predicted molar refractivity (Wildman–Crippen MR) is 179 cm³/mol. The standard InChI is InChI=1S/C36H29Cl2N5O2/c1-43-21-39-20-33(43)36(45,24-10-13-26(37)14-11-24)25-12-15-31-30(17-25)28(23-8-5-9-27(38)16-23)19-34(40-31)42-35(44)41-32-18-29(32)22-6-3-2-4-7-22/h2-17,19-21,29,32,45H,18H2,1H3,(H2,40,41,42,44). The van der Waals surface area contributed by atoms with Crippen LogP contribution in [-0.2, 0) is 12.6 Å². The van der Waals surface area contributed by atoms with E-state index in [-0.39, 0.29) is 12.1 Å². The summed E-state index contributed by atoms with van der Waals surface area (Å²) in [6.07, 6.45) is 4.21. The number of hydrogen-bond acceptors (Lipinski definition) is 4. The van der Waals surface area contributed by atoms with Gasteiger partial charge in [-0.2, -0.15) is 0 Å². The monoisotopic (exact) mass is 633 g/mol. The Morgan fingerprint density at radius 2 is 1.69 bits per heavy atom. The van der Waals surface area contributed by atoms with E-state index in [1.165, 1.54) is 5.56 Å². The van der Waals surface area contributed by atoms with Crippen molar-refractivity contribution in [1.82, 2.24) is 19.9 Å². The van der Waals surface area contributed by atoms with Crippen molar-refractivity contribution >= 4 is 46.0 Å². The van der Waals surface area contributed by atoms with Gasteiger partial charge in [-0.05, 0) is 76.7 Å².